The van der Waals surface area contributed by atoms with Crippen LogP contribution in [0.5, 0.6) is 0 Å². The van der Waals surface area contributed by atoms with Crippen LogP contribution in [0.1, 0.15) is 32.1 Å². The summed E-state index contributed by atoms with van der Waals surface area (Å²) in [7, 11) is 0. The zero-order chi connectivity index (χ0) is 11.8. The quantitative estimate of drug-likeness (QED) is 0.421. The van der Waals surface area contributed by atoms with E-state index in [4.69, 9.17) is 11.1 Å². The summed E-state index contributed by atoms with van der Waals surface area (Å²) in [5, 5.41) is 10.8. The van der Waals surface area contributed by atoms with E-state index in [1.165, 1.54) is 19.3 Å². The van der Waals surface area contributed by atoms with E-state index >= 15 is 0 Å². The summed E-state index contributed by atoms with van der Waals surface area (Å²) in [5.74, 6) is 0.734. The van der Waals surface area contributed by atoms with E-state index < -0.39 is 0 Å². The van der Waals surface area contributed by atoms with Gasteiger partial charge in [0.05, 0.1) is 6.04 Å². The minimum atomic E-state index is -0.0499. The molecule has 0 aliphatic heterocycles. The Kier molecular flexibility index (Phi) is 8.99. The second-order valence-corrected chi connectivity index (χ2v) is 4.87. The molecule has 4 N–H and O–H groups in total. The molecule has 1 saturated carbocycles. The average molecular weight is 277 g/mol. The molecule has 0 bridgehead atoms. The lowest BCUT2D eigenvalue weighted by atomic mass is 9.96. The number of amidine groups is 1. The van der Waals surface area contributed by atoms with E-state index in [9.17, 15) is 0 Å². The standard InChI is InChI=1S/C11H20N4S.ClH/c1-2-8-16-11(15-10(12)13)14-9-6-4-3-5-7-9;/h2,9H,1,3-8H2,(H4,12,13,14,15);1H. The van der Waals surface area contributed by atoms with Gasteiger partial charge in [0.2, 0.25) is 0 Å². The van der Waals surface area contributed by atoms with Crippen molar-refractivity contribution in [3.8, 4) is 0 Å². The minimum Gasteiger partial charge on any atom is -0.370 e. The highest BCUT2D eigenvalue weighted by Gasteiger charge is 2.13. The molecular weight excluding hydrogens is 256 g/mol. The van der Waals surface area contributed by atoms with Gasteiger partial charge in [0.25, 0.3) is 0 Å². The van der Waals surface area contributed by atoms with Crippen LogP contribution in [-0.4, -0.2) is 22.9 Å². The maximum absolute atomic E-state index is 7.22. The van der Waals surface area contributed by atoms with Gasteiger partial charge >= 0.3 is 0 Å². The fourth-order valence-electron chi connectivity index (χ4n) is 1.73. The molecule has 4 nitrogen and oxygen atoms in total. The van der Waals surface area contributed by atoms with Gasteiger partial charge in [0.15, 0.2) is 11.1 Å². The highest BCUT2D eigenvalue weighted by molar-refractivity contribution is 8.14. The van der Waals surface area contributed by atoms with Gasteiger partial charge in [-0.05, 0) is 12.8 Å². The van der Waals surface area contributed by atoms with E-state index in [1.807, 2.05) is 6.08 Å². The van der Waals surface area contributed by atoms with Crippen LogP contribution in [0, 0.1) is 5.41 Å². The summed E-state index contributed by atoms with van der Waals surface area (Å²) >= 11 is 1.54. The van der Waals surface area contributed by atoms with E-state index in [1.54, 1.807) is 11.8 Å². The Hall–Kier alpha value is -0.680. The van der Waals surface area contributed by atoms with Crippen LogP contribution in [0.2, 0.25) is 0 Å². The number of nitrogens with one attached hydrogen (secondary N) is 2. The third-order valence-corrected chi connectivity index (χ3v) is 3.34. The van der Waals surface area contributed by atoms with Crippen molar-refractivity contribution in [3.05, 3.63) is 12.7 Å². The first-order chi connectivity index (χ1) is 7.72. The molecule has 0 atom stereocenters. The average Bonchev–Trinajstić information content (AvgIpc) is 2.26. The van der Waals surface area contributed by atoms with Crippen LogP contribution >= 0.6 is 24.2 Å². The smallest absolute Gasteiger partial charge is 0.191 e. The number of aliphatic imine (C=N–C) groups is 1. The van der Waals surface area contributed by atoms with Crippen LogP contribution in [0.4, 0.5) is 0 Å². The maximum Gasteiger partial charge on any atom is 0.191 e. The number of rotatable bonds is 3. The highest BCUT2D eigenvalue weighted by Crippen LogP contribution is 2.21. The summed E-state index contributed by atoms with van der Waals surface area (Å²) in [5.41, 5.74) is 5.32. The van der Waals surface area contributed by atoms with Crippen molar-refractivity contribution in [3.63, 3.8) is 0 Å². The van der Waals surface area contributed by atoms with Gasteiger partial charge in [-0.25, -0.2) is 0 Å². The molecule has 0 radical (unpaired) electrons. The first-order valence-electron chi connectivity index (χ1n) is 5.65. The van der Waals surface area contributed by atoms with Crippen LogP contribution in [0.3, 0.4) is 0 Å². The highest BCUT2D eigenvalue weighted by atomic mass is 35.5. The largest absolute Gasteiger partial charge is 0.370 e. The van der Waals surface area contributed by atoms with Gasteiger partial charge in [0.1, 0.15) is 0 Å². The molecule has 1 rings (SSSR count). The molecule has 0 heterocycles. The number of hydrogen-bond donors (Lipinski definition) is 3. The number of halogens is 1. The summed E-state index contributed by atoms with van der Waals surface area (Å²) < 4.78 is 0. The number of guanidine groups is 1. The number of nitrogens with two attached hydrogens (primary N) is 1. The Bertz CT molecular complexity index is 275. The molecule has 6 heteroatoms. The molecule has 1 aliphatic rings. The van der Waals surface area contributed by atoms with Crippen LogP contribution < -0.4 is 11.1 Å². The number of thioether (sulfide) groups is 1. The van der Waals surface area contributed by atoms with Gasteiger partial charge in [-0.2, -0.15) is 0 Å². The molecule has 0 spiro atoms. The monoisotopic (exact) mass is 276 g/mol. The van der Waals surface area contributed by atoms with Gasteiger partial charge in [-0.15, -0.1) is 19.0 Å². The molecule has 0 amide bonds. The lowest BCUT2D eigenvalue weighted by molar-refractivity contribution is 0.443. The Balaban J connectivity index is 0.00000256. The van der Waals surface area contributed by atoms with Gasteiger partial charge in [0, 0.05) is 5.75 Å². The van der Waals surface area contributed by atoms with Crippen molar-refractivity contribution in [2.24, 2.45) is 10.7 Å². The lowest BCUT2D eigenvalue weighted by Crippen LogP contribution is -2.35. The lowest BCUT2D eigenvalue weighted by Gasteiger charge is -2.19. The third kappa shape index (κ3) is 7.28. The topological polar surface area (TPSA) is 74.3 Å². The zero-order valence-electron chi connectivity index (χ0n) is 9.95. The fraction of sp³-hybridized carbons (Fsp3) is 0.636. The molecule has 0 unspecified atom stereocenters. The van der Waals surface area contributed by atoms with Gasteiger partial charge < -0.3 is 11.1 Å². The van der Waals surface area contributed by atoms with Crippen molar-refractivity contribution in [2.45, 2.75) is 38.1 Å². The van der Waals surface area contributed by atoms with E-state index in [2.05, 4.69) is 16.9 Å². The molecule has 0 aromatic carbocycles. The van der Waals surface area contributed by atoms with Gasteiger partial charge in [-0.1, -0.05) is 37.1 Å². The van der Waals surface area contributed by atoms with E-state index in [0.717, 1.165) is 23.8 Å². The first kappa shape index (κ1) is 16.3. The van der Waals surface area contributed by atoms with Crippen LogP contribution in [-0.2, 0) is 0 Å². The van der Waals surface area contributed by atoms with E-state index in [-0.39, 0.29) is 18.4 Å². The third-order valence-electron chi connectivity index (χ3n) is 2.45. The van der Waals surface area contributed by atoms with E-state index in [0.29, 0.717) is 6.04 Å². The number of hydrogen-bond acceptors (Lipinski definition) is 3. The maximum atomic E-state index is 7.22. The van der Waals surface area contributed by atoms with Crippen molar-refractivity contribution in [1.29, 1.82) is 5.41 Å². The molecule has 0 saturated heterocycles. The molecular formula is C11H21ClN4S. The Labute approximate surface area is 113 Å². The molecule has 17 heavy (non-hydrogen) atoms. The summed E-state index contributed by atoms with van der Waals surface area (Å²) in [6, 6.07) is 0.396. The summed E-state index contributed by atoms with van der Waals surface area (Å²) in [6.45, 7) is 3.67. The van der Waals surface area contributed by atoms with Crippen molar-refractivity contribution in [2.75, 3.05) is 5.75 Å². The van der Waals surface area contributed by atoms with Gasteiger partial charge in [-0.3, -0.25) is 10.4 Å². The first-order valence-corrected chi connectivity index (χ1v) is 6.63. The SMILES string of the molecule is C=CCSC(=NC1CCCCC1)NC(=N)N.Cl. The summed E-state index contributed by atoms with van der Waals surface area (Å²) in [4.78, 5) is 4.61. The Morgan fingerprint density at radius 1 is 1.47 bits per heavy atom. The fourth-order valence-corrected chi connectivity index (χ4v) is 2.42. The summed E-state index contributed by atoms with van der Waals surface area (Å²) in [6.07, 6.45) is 7.96. The predicted molar refractivity (Wildman–Crippen MR) is 79.3 cm³/mol. The molecule has 98 valence electrons. The molecule has 0 aromatic heterocycles. The molecule has 1 aliphatic carbocycles. The second-order valence-electron chi connectivity index (χ2n) is 3.86. The minimum absolute atomic E-state index is 0. The second kappa shape index (κ2) is 9.36. The Morgan fingerprint density at radius 2 is 2.12 bits per heavy atom. The van der Waals surface area contributed by atoms with Crippen LogP contribution in [0.15, 0.2) is 17.6 Å². The predicted octanol–water partition coefficient (Wildman–Crippen LogP) is 2.50. The van der Waals surface area contributed by atoms with Crippen molar-refractivity contribution in [1.82, 2.24) is 5.32 Å². The number of nitrogens with zero attached hydrogens (tertiary/aromatic N) is 1. The Morgan fingerprint density at radius 3 is 2.65 bits per heavy atom. The molecule has 1 fully saturated rings. The van der Waals surface area contributed by atoms with Crippen molar-refractivity contribution < 1.29 is 0 Å². The molecule has 0 aromatic rings. The zero-order valence-corrected chi connectivity index (χ0v) is 11.6. The normalized spacial score (nSPS) is 17.1. The van der Waals surface area contributed by atoms with Crippen LogP contribution in [0.25, 0.3) is 0 Å². The van der Waals surface area contributed by atoms with Crippen molar-refractivity contribution >= 4 is 35.3 Å².